The van der Waals surface area contributed by atoms with Crippen molar-refractivity contribution in [2.24, 2.45) is 5.92 Å². The Kier molecular flexibility index (Phi) is 6.52. The summed E-state index contributed by atoms with van der Waals surface area (Å²) in [4.78, 5) is 29.9. The Hall–Kier alpha value is -2.60. The Bertz CT molecular complexity index is 775. The molecule has 1 aromatic heterocycles. The fraction of sp³-hybridized carbons (Fsp3) is 0.455. The summed E-state index contributed by atoms with van der Waals surface area (Å²) in [7, 11) is 2.06. The van der Waals surface area contributed by atoms with Crippen molar-refractivity contribution in [3.05, 3.63) is 54.4 Å². The quantitative estimate of drug-likeness (QED) is 0.835. The van der Waals surface area contributed by atoms with Gasteiger partial charge in [-0.3, -0.25) is 9.59 Å². The van der Waals surface area contributed by atoms with E-state index in [1.165, 1.54) is 0 Å². The van der Waals surface area contributed by atoms with Crippen molar-refractivity contribution in [1.29, 1.82) is 0 Å². The van der Waals surface area contributed by atoms with Gasteiger partial charge in [0.15, 0.2) is 0 Å². The van der Waals surface area contributed by atoms with E-state index in [9.17, 15) is 9.59 Å². The van der Waals surface area contributed by atoms with Gasteiger partial charge in [-0.15, -0.1) is 0 Å². The molecule has 3 rings (SSSR count). The Morgan fingerprint density at radius 1 is 1.00 bits per heavy atom. The predicted molar refractivity (Wildman–Crippen MR) is 111 cm³/mol. The van der Waals surface area contributed by atoms with E-state index in [0.29, 0.717) is 31.0 Å². The minimum atomic E-state index is -0.486. The summed E-state index contributed by atoms with van der Waals surface area (Å²) in [5, 5.41) is 2.98. The van der Waals surface area contributed by atoms with Crippen molar-refractivity contribution in [2.45, 2.75) is 26.3 Å². The van der Waals surface area contributed by atoms with Crippen LogP contribution in [0.1, 0.15) is 30.6 Å². The third-order valence-corrected chi connectivity index (χ3v) is 5.16. The van der Waals surface area contributed by atoms with E-state index in [1.54, 1.807) is 12.1 Å². The van der Waals surface area contributed by atoms with Crippen molar-refractivity contribution < 1.29 is 9.59 Å². The van der Waals surface area contributed by atoms with E-state index in [0.717, 1.165) is 18.8 Å². The summed E-state index contributed by atoms with van der Waals surface area (Å²) in [6.07, 6.45) is 4.56. The lowest BCUT2D eigenvalue weighted by Crippen LogP contribution is -2.54. The first-order valence-corrected chi connectivity index (χ1v) is 9.95. The smallest absolute Gasteiger partial charge is 0.251 e. The average molecular weight is 383 g/mol. The molecule has 0 unspecified atom stereocenters. The van der Waals surface area contributed by atoms with Crippen LogP contribution in [0.15, 0.2) is 48.8 Å². The van der Waals surface area contributed by atoms with Gasteiger partial charge in [0.1, 0.15) is 6.04 Å². The van der Waals surface area contributed by atoms with Crippen LogP contribution in [0.2, 0.25) is 0 Å². The molecule has 0 bridgehead atoms. The highest BCUT2D eigenvalue weighted by molar-refractivity contribution is 5.97. The predicted octanol–water partition coefficient (Wildman–Crippen LogP) is 2.40. The van der Waals surface area contributed by atoms with Gasteiger partial charge in [0.2, 0.25) is 5.91 Å². The van der Waals surface area contributed by atoms with Crippen LogP contribution in [0.5, 0.6) is 0 Å². The summed E-state index contributed by atoms with van der Waals surface area (Å²) < 4.78 is 1.99. The highest BCUT2D eigenvalue weighted by atomic mass is 16.2. The van der Waals surface area contributed by atoms with Gasteiger partial charge in [-0.25, -0.2) is 0 Å². The summed E-state index contributed by atoms with van der Waals surface area (Å²) >= 11 is 0. The highest BCUT2D eigenvalue weighted by Gasteiger charge is 2.28. The number of piperazine rings is 1. The Balaban J connectivity index is 1.67. The molecule has 1 N–H and O–H groups in total. The zero-order chi connectivity index (χ0) is 20.1. The first-order chi connectivity index (χ1) is 13.4. The van der Waals surface area contributed by atoms with Crippen molar-refractivity contribution in [3.8, 4) is 5.69 Å². The zero-order valence-corrected chi connectivity index (χ0v) is 17.0. The van der Waals surface area contributed by atoms with Gasteiger partial charge in [0.25, 0.3) is 5.91 Å². The van der Waals surface area contributed by atoms with E-state index in [2.05, 4.69) is 31.1 Å². The summed E-state index contributed by atoms with van der Waals surface area (Å²) in [6.45, 7) is 7.31. The molecule has 2 heterocycles. The molecule has 2 amide bonds. The topological polar surface area (TPSA) is 57.6 Å². The number of aromatic nitrogens is 1. The Morgan fingerprint density at radius 2 is 1.61 bits per heavy atom. The van der Waals surface area contributed by atoms with Crippen molar-refractivity contribution in [3.63, 3.8) is 0 Å². The number of nitrogens with zero attached hydrogens (tertiary/aromatic N) is 3. The molecule has 0 radical (unpaired) electrons. The molecule has 0 spiro atoms. The van der Waals surface area contributed by atoms with Crippen LogP contribution in [-0.4, -0.2) is 65.4 Å². The molecule has 0 saturated carbocycles. The van der Waals surface area contributed by atoms with Crippen LogP contribution >= 0.6 is 0 Å². The molecule has 1 fully saturated rings. The SMILES string of the molecule is CC(C)C[C@H](NC(=O)c1ccc(-n2cccc2)cc1)C(=O)N1CCN(C)CC1. The van der Waals surface area contributed by atoms with Crippen LogP contribution < -0.4 is 5.32 Å². The van der Waals surface area contributed by atoms with Gasteiger partial charge in [-0.1, -0.05) is 13.8 Å². The zero-order valence-electron chi connectivity index (χ0n) is 17.0. The number of rotatable bonds is 6. The molecular weight excluding hydrogens is 352 g/mol. The second-order valence-corrected chi connectivity index (χ2v) is 7.92. The van der Waals surface area contributed by atoms with Crippen molar-refractivity contribution in [2.75, 3.05) is 33.2 Å². The number of hydrogen-bond acceptors (Lipinski definition) is 3. The van der Waals surface area contributed by atoms with Crippen molar-refractivity contribution in [1.82, 2.24) is 19.7 Å². The average Bonchev–Trinajstić information content (AvgIpc) is 3.22. The largest absolute Gasteiger partial charge is 0.340 e. The summed E-state index contributed by atoms with van der Waals surface area (Å²) in [5.41, 5.74) is 1.56. The molecule has 150 valence electrons. The molecule has 2 aromatic rings. The van der Waals surface area contributed by atoms with E-state index in [-0.39, 0.29) is 11.8 Å². The van der Waals surface area contributed by atoms with E-state index in [1.807, 2.05) is 46.1 Å². The van der Waals surface area contributed by atoms with Crippen LogP contribution in [-0.2, 0) is 4.79 Å². The lowest BCUT2D eigenvalue weighted by atomic mass is 10.0. The molecule has 1 saturated heterocycles. The van der Waals surface area contributed by atoms with E-state index < -0.39 is 6.04 Å². The molecule has 1 aliphatic heterocycles. The van der Waals surface area contributed by atoms with Crippen LogP contribution in [0, 0.1) is 5.92 Å². The second-order valence-electron chi connectivity index (χ2n) is 7.92. The Labute approximate surface area is 167 Å². The van der Waals surface area contributed by atoms with Gasteiger partial charge >= 0.3 is 0 Å². The fourth-order valence-electron chi connectivity index (χ4n) is 3.47. The third kappa shape index (κ3) is 5.01. The summed E-state index contributed by atoms with van der Waals surface area (Å²) in [5.74, 6) is 0.143. The fourth-order valence-corrected chi connectivity index (χ4v) is 3.47. The first-order valence-electron chi connectivity index (χ1n) is 9.95. The number of carbonyl (C=O) groups excluding carboxylic acids is 2. The maximum atomic E-state index is 13.0. The lowest BCUT2D eigenvalue weighted by molar-refractivity contribution is -0.135. The molecule has 6 nitrogen and oxygen atoms in total. The van der Waals surface area contributed by atoms with Gasteiger partial charge in [-0.2, -0.15) is 0 Å². The molecule has 28 heavy (non-hydrogen) atoms. The maximum Gasteiger partial charge on any atom is 0.251 e. The van der Waals surface area contributed by atoms with Crippen molar-refractivity contribution >= 4 is 11.8 Å². The molecule has 0 aliphatic carbocycles. The second kappa shape index (κ2) is 9.06. The minimum Gasteiger partial charge on any atom is -0.340 e. The number of carbonyl (C=O) groups is 2. The Morgan fingerprint density at radius 3 is 2.18 bits per heavy atom. The van der Waals surface area contributed by atoms with E-state index >= 15 is 0 Å². The molecule has 1 aliphatic rings. The van der Waals surface area contributed by atoms with Gasteiger partial charge in [0.05, 0.1) is 0 Å². The molecule has 1 atom stereocenters. The standard InChI is InChI=1S/C22H30N4O2/c1-17(2)16-20(22(28)26-14-12-24(3)13-15-26)23-21(27)18-6-8-19(9-7-18)25-10-4-5-11-25/h4-11,17,20H,12-16H2,1-3H3,(H,23,27)/t20-/m0/s1. The third-order valence-electron chi connectivity index (χ3n) is 5.16. The number of likely N-dealkylation sites (N-methyl/N-ethyl adjacent to an activating group) is 1. The number of nitrogens with one attached hydrogen (secondary N) is 1. The van der Waals surface area contributed by atoms with Crippen LogP contribution in [0.25, 0.3) is 5.69 Å². The van der Waals surface area contributed by atoms with E-state index in [4.69, 9.17) is 0 Å². The summed E-state index contributed by atoms with van der Waals surface area (Å²) in [6, 6.07) is 10.9. The molecule has 1 aromatic carbocycles. The minimum absolute atomic E-state index is 0.0270. The normalized spacial score (nSPS) is 16.2. The molecule has 6 heteroatoms. The van der Waals surface area contributed by atoms with Gasteiger partial charge < -0.3 is 19.7 Å². The van der Waals surface area contributed by atoms with Crippen LogP contribution in [0.4, 0.5) is 0 Å². The van der Waals surface area contributed by atoms with Crippen LogP contribution in [0.3, 0.4) is 0 Å². The first kappa shape index (κ1) is 20.1. The molecular formula is C22H30N4O2. The monoisotopic (exact) mass is 382 g/mol. The number of amides is 2. The lowest BCUT2D eigenvalue weighted by Gasteiger charge is -2.35. The van der Waals surface area contributed by atoms with Gasteiger partial charge in [0, 0.05) is 49.8 Å². The number of benzene rings is 1. The maximum absolute atomic E-state index is 13.0. The van der Waals surface area contributed by atoms with Gasteiger partial charge in [-0.05, 0) is 55.8 Å². The number of hydrogen-bond donors (Lipinski definition) is 1. The highest BCUT2D eigenvalue weighted by Crippen LogP contribution is 2.13.